The summed E-state index contributed by atoms with van der Waals surface area (Å²) < 4.78 is 0. The van der Waals surface area contributed by atoms with Crippen LogP contribution in [0, 0.1) is 5.41 Å². The largest absolute Gasteiger partial charge is 0.392 e. The Bertz CT molecular complexity index is 380. The van der Waals surface area contributed by atoms with Crippen molar-refractivity contribution in [3.05, 3.63) is 0 Å². The van der Waals surface area contributed by atoms with Crippen molar-refractivity contribution in [1.82, 2.24) is 9.80 Å². The van der Waals surface area contributed by atoms with Crippen LogP contribution in [0.1, 0.15) is 33.1 Å². The molecule has 0 aromatic heterocycles. The average molecular weight is 285 g/mol. The quantitative estimate of drug-likeness (QED) is 0.775. The number of carbonyl (C=O) groups is 2. The summed E-state index contributed by atoms with van der Waals surface area (Å²) in [6.07, 6.45) is 1.92. The van der Waals surface area contributed by atoms with Crippen molar-refractivity contribution in [2.24, 2.45) is 11.1 Å². The predicted molar refractivity (Wildman–Crippen MR) is 78.6 cm³/mol. The first-order valence-corrected chi connectivity index (χ1v) is 7.13. The second kappa shape index (κ2) is 6.32. The maximum absolute atomic E-state index is 12.7. The van der Waals surface area contributed by atoms with E-state index in [0.717, 1.165) is 6.42 Å². The summed E-state index contributed by atoms with van der Waals surface area (Å²) in [4.78, 5) is 28.1. The average Bonchev–Trinajstić information content (AvgIpc) is 2.54. The van der Waals surface area contributed by atoms with Crippen molar-refractivity contribution < 1.29 is 9.59 Å². The van der Waals surface area contributed by atoms with Crippen molar-refractivity contribution in [2.45, 2.75) is 33.1 Å². The van der Waals surface area contributed by atoms with Gasteiger partial charge in [-0.15, -0.1) is 0 Å². The molecule has 0 atom stereocenters. The van der Waals surface area contributed by atoms with E-state index < -0.39 is 5.41 Å². The Morgan fingerprint density at radius 2 is 1.95 bits per heavy atom. The van der Waals surface area contributed by atoms with E-state index in [2.05, 4.69) is 0 Å². The third-order valence-corrected chi connectivity index (χ3v) is 4.44. The van der Waals surface area contributed by atoms with Crippen molar-refractivity contribution in [3.63, 3.8) is 0 Å². The number of hydrogen-bond donors (Lipinski definition) is 1. The third-order valence-electron chi connectivity index (χ3n) is 4.05. The second-order valence-corrected chi connectivity index (χ2v) is 5.49. The fourth-order valence-corrected chi connectivity index (χ4v) is 2.84. The molecule has 2 N–H and O–H groups in total. The molecule has 0 aromatic carbocycles. The third kappa shape index (κ3) is 3.05. The van der Waals surface area contributed by atoms with Gasteiger partial charge in [-0.05, 0) is 19.3 Å². The summed E-state index contributed by atoms with van der Waals surface area (Å²) in [5, 5.41) is 0. The van der Waals surface area contributed by atoms with Gasteiger partial charge in [-0.3, -0.25) is 9.59 Å². The van der Waals surface area contributed by atoms with Crippen LogP contribution < -0.4 is 5.73 Å². The van der Waals surface area contributed by atoms with Gasteiger partial charge in [0.15, 0.2) is 0 Å². The van der Waals surface area contributed by atoms with Crippen molar-refractivity contribution in [1.29, 1.82) is 0 Å². The molecule has 0 saturated carbocycles. The lowest BCUT2D eigenvalue weighted by atomic mass is 9.80. The van der Waals surface area contributed by atoms with Crippen molar-refractivity contribution in [2.75, 3.05) is 26.7 Å². The number of rotatable bonds is 4. The zero-order chi connectivity index (χ0) is 14.6. The molecule has 1 aliphatic heterocycles. The van der Waals surface area contributed by atoms with Gasteiger partial charge in [-0.1, -0.05) is 26.1 Å². The number of thiocarbonyl (C=S) groups is 1. The minimum atomic E-state index is -0.807. The van der Waals surface area contributed by atoms with E-state index >= 15 is 0 Å². The normalized spacial score (nSPS) is 17.3. The standard InChI is InChI=1S/C13H23N3O2S/c1-4-13(5-2,11(14)19)12(18)16-8-6-7-15(3)10(17)9-16/h4-9H2,1-3H3,(H2,14,19). The first kappa shape index (κ1) is 15.9. The lowest BCUT2D eigenvalue weighted by Crippen LogP contribution is -2.51. The first-order chi connectivity index (χ1) is 8.89. The summed E-state index contributed by atoms with van der Waals surface area (Å²) in [6, 6.07) is 0. The number of likely N-dealkylation sites (N-methyl/N-ethyl adjacent to an activating group) is 1. The molecule has 0 spiro atoms. The van der Waals surface area contributed by atoms with Gasteiger partial charge in [0.1, 0.15) is 0 Å². The van der Waals surface area contributed by atoms with Crippen molar-refractivity contribution in [3.8, 4) is 0 Å². The van der Waals surface area contributed by atoms with Crippen LogP contribution in [0.5, 0.6) is 0 Å². The molecule has 2 amide bonds. The Morgan fingerprint density at radius 1 is 1.37 bits per heavy atom. The number of hydrogen-bond acceptors (Lipinski definition) is 3. The molecule has 6 heteroatoms. The highest BCUT2D eigenvalue weighted by Gasteiger charge is 2.41. The molecule has 1 fully saturated rings. The Labute approximate surface area is 120 Å². The SMILES string of the molecule is CCC(CC)(C(=O)N1CCCN(C)C(=O)C1)C(N)=S. The number of amides is 2. The molecular weight excluding hydrogens is 262 g/mol. The smallest absolute Gasteiger partial charge is 0.241 e. The van der Waals surface area contributed by atoms with Gasteiger partial charge < -0.3 is 15.5 Å². The summed E-state index contributed by atoms with van der Waals surface area (Å²) in [5.41, 5.74) is 4.98. The van der Waals surface area contributed by atoms with Crippen LogP contribution in [0.3, 0.4) is 0 Å². The van der Waals surface area contributed by atoms with Crippen LogP contribution in [0.25, 0.3) is 0 Å². The van der Waals surface area contributed by atoms with Gasteiger partial charge in [0.2, 0.25) is 11.8 Å². The van der Waals surface area contributed by atoms with Crippen LogP contribution in [-0.4, -0.2) is 53.3 Å². The monoisotopic (exact) mass is 285 g/mol. The minimum absolute atomic E-state index is 0.0325. The molecule has 1 aliphatic rings. The summed E-state index contributed by atoms with van der Waals surface area (Å²) in [7, 11) is 1.76. The van der Waals surface area contributed by atoms with E-state index in [1.807, 2.05) is 13.8 Å². The molecule has 19 heavy (non-hydrogen) atoms. The summed E-state index contributed by atoms with van der Waals surface area (Å²) in [6.45, 7) is 5.21. The Morgan fingerprint density at radius 3 is 2.42 bits per heavy atom. The molecule has 1 heterocycles. The van der Waals surface area contributed by atoms with E-state index in [1.54, 1.807) is 16.8 Å². The lowest BCUT2D eigenvalue weighted by molar-refractivity contribution is -0.143. The molecule has 0 bridgehead atoms. The van der Waals surface area contributed by atoms with Crippen molar-refractivity contribution >= 4 is 29.0 Å². The molecule has 1 rings (SSSR count). The van der Waals surface area contributed by atoms with E-state index in [4.69, 9.17) is 18.0 Å². The van der Waals surface area contributed by atoms with Crippen LogP contribution in [-0.2, 0) is 9.59 Å². The molecule has 0 aromatic rings. The van der Waals surface area contributed by atoms with Crippen LogP contribution in [0.4, 0.5) is 0 Å². The lowest BCUT2D eigenvalue weighted by Gasteiger charge is -2.34. The summed E-state index contributed by atoms with van der Waals surface area (Å²) in [5.74, 6) is -0.136. The molecule has 0 radical (unpaired) electrons. The van der Waals surface area contributed by atoms with Gasteiger partial charge >= 0.3 is 0 Å². The number of nitrogens with two attached hydrogens (primary N) is 1. The van der Waals surface area contributed by atoms with Crippen LogP contribution in [0.15, 0.2) is 0 Å². The Balaban J connectivity index is 2.97. The van der Waals surface area contributed by atoms with E-state index in [1.165, 1.54) is 0 Å². The van der Waals surface area contributed by atoms with E-state index in [0.29, 0.717) is 25.9 Å². The Kier molecular flexibility index (Phi) is 5.29. The molecule has 5 nitrogen and oxygen atoms in total. The highest BCUT2D eigenvalue weighted by Crippen LogP contribution is 2.30. The highest BCUT2D eigenvalue weighted by atomic mass is 32.1. The van der Waals surface area contributed by atoms with Gasteiger partial charge in [0.05, 0.1) is 16.9 Å². The zero-order valence-electron chi connectivity index (χ0n) is 11.9. The maximum Gasteiger partial charge on any atom is 0.241 e. The number of carbonyl (C=O) groups excluding carboxylic acids is 2. The van der Waals surface area contributed by atoms with Gasteiger partial charge in [-0.25, -0.2) is 0 Å². The van der Waals surface area contributed by atoms with E-state index in [-0.39, 0.29) is 23.3 Å². The molecule has 108 valence electrons. The molecule has 0 aliphatic carbocycles. The molecular formula is C13H23N3O2S. The predicted octanol–water partition coefficient (Wildman–Crippen LogP) is 0.770. The second-order valence-electron chi connectivity index (χ2n) is 5.05. The van der Waals surface area contributed by atoms with Crippen LogP contribution in [0.2, 0.25) is 0 Å². The summed E-state index contributed by atoms with van der Waals surface area (Å²) >= 11 is 5.09. The maximum atomic E-state index is 12.7. The fourth-order valence-electron chi connectivity index (χ4n) is 2.47. The van der Waals surface area contributed by atoms with Crippen LogP contribution >= 0.6 is 12.2 Å². The van der Waals surface area contributed by atoms with Gasteiger partial charge in [0, 0.05) is 20.1 Å². The topological polar surface area (TPSA) is 66.6 Å². The fraction of sp³-hybridized carbons (Fsp3) is 0.769. The number of nitrogens with zero attached hydrogens (tertiary/aromatic N) is 2. The van der Waals surface area contributed by atoms with Gasteiger partial charge in [0.25, 0.3) is 0 Å². The Hall–Kier alpha value is -1.17. The minimum Gasteiger partial charge on any atom is -0.392 e. The first-order valence-electron chi connectivity index (χ1n) is 6.72. The highest BCUT2D eigenvalue weighted by molar-refractivity contribution is 7.80. The molecule has 1 saturated heterocycles. The zero-order valence-corrected chi connectivity index (χ0v) is 12.8. The molecule has 0 unspecified atom stereocenters. The van der Waals surface area contributed by atoms with Gasteiger partial charge in [-0.2, -0.15) is 0 Å². The van der Waals surface area contributed by atoms with E-state index in [9.17, 15) is 9.59 Å².